The summed E-state index contributed by atoms with van der Waals surface area (Å²) in [4.78, 5) is 18.7. The van der Waals surface area contributed by atoms with E-state index in [-0.39, 0.29) is 5.97 Å². The Morgan fingerprint density at radius 1 is 1.35 bits per heavy atom. The third-order valence-corrected chi connectivity index (χ3v) is 4.88. The number of allylic oxidation sites excluding steroid dienone is 1. The second-order valence-electron chi connectivity index (χ2n) is 6.60. The quantitative estimate of drug-likeness (QED) is 0.434. The van der Waals surface area contributed by atoms with E-state index in [1.165, 1.54) is 0 Å². The van der Waals surface area contributed by atoms with Gasteiger partial charge in [-0.05, 0) is 39.5 Å². The molecule has 23 heavy (non-hydrogen) atoms. The molecular formula is C19H25NO3. The molecular weight excluding hydrogens is 290 g/mol. The fourth-order valence-electron chi connectivity index (χ4n) is 3.66. The van der Waals surface area contributed by atoms with Gasteiger partial charge in [-0.1, -0.05) is 35.9 Å². The van der Waals surface area contributed by atoms with Gasteiger partial charge >= 0.3 is 5.97 Å². The van der Waals surface area contributed by atoms with Crippen LogP contribution in [0.3, 0.4) is 0 Å². The number of rotatable bonds is 7. The smallest absolute Gasteiger partial charge is 0.329 e. The molecule has 0 aliphatic carbocycles. The second kappa shape index (κ2) is 6.10. The lowest BCUT2D eigenvalue weighted by Gasteiger charge is -2.27. The number of ether oxygens (including phenoxy) is 1. The average Bonchev–Trinajstić information content (AvgIpc) is 3.20. The fraction of sp³-hybridized carbons (Fsp3) is 0.526. The Morgan fingerprint density at radius 2 is 2.09 bits per heavy atom. The van der Waals surface area contributed by atoms with Crippen molar-refractivity contribution >= 4 is 5.97 Å². The maximum atomic E-state index is 12.7. The van der Waals surface area contributed by atoms with Crippen LogP contribution in [-0.4, -0.2) is 23.2 Å². The normalized spacial score (nSPS) is 31.5. The first-order chi connectivity index (χ1) is 11.0. The number of carbonyl (C=O) groups is 1. The van der Waals surface area contributed by atoms with Gasteiger partial charge in [-0.25, -0.2) is 4.79 Å². The Labute approximate surface area is 138 Å². The summed E-state index contributed by atoms with van der Waals surface area (Å²) < 4.78 is 5.38. The monoisotopic (exact) mass is 315 g/mol. The van der Waals surface area contributed by atoms with Gasteiger partial charge < -0.3 is 4.74 Å². The van der Waals surface area contributed by atoms with Crippen LogP contribution in [0.5, 0.6) is 0 Å². The average molecular weight is 315 g/mol. The predicted octanol–water partition coefficient (Wildman–Crippen LogP) is 3.93. The van der Waals surface area contributed by atoms with Gasteiger partial charge in [0.2, 0.25) is 0 Å². The number of hydroxylamine groups is 2. The summed E-state index contributed by atoms with van der Waals surface area (Å²) in [5.74, 6) is -0.156. The molecule has 2 heterocycles. The van der Waals surface area contributed by atoms with Crippen molar-refractivity contribution in [2.45, 2.75) is 57.2 Å². The van der Waals surface area contributed by atoms with Gasteiger partial charge in [-0.3, -0.25) is 4.84 Å². The molecule has 2 aliphatic rings. The summed E-state index contributed by atoms with van der Waals surface area (Å²) in [6.07, 6.45) is 4.18. The van der Waals surface area contributed by atoms with Crippen LogP contribution in [0.4, 0.5) is 0 Å². The van der Waals surface area contributed by atoms with Gasteiger partial charge in [0.05, 0.1) is 6.61 Å². The zero-order valence-corrected chi connectivity index (χ0v) is 14.0. The second-order valence-corrected chi connectivity index (χ2v) is 6.60. The summed E-state index contributed by atoms with van der Waals surface area (Å²) in [5, 5.41) is 1.89. The largest absolute Gasteiger partial charge is 0.465 e. The van der Waals surface area contributed by atoms with Gasteiger partial charge in [0.15, 0.2) is 5.72 Å². The molecule has 4 heteroatoms. The number of benzene rings is 1. The third-order valence-electron chi connectivity index (χ3n) is 4.88. The highest BCUT2D eigenvalue weighted by Crippen LogP contribution is 2.61. The van der Waals surface area contributed by atoms with E-state index in [0.29, 0.717) is 6.61 Å². The number of hydrogen-bond acceptors (Lipinski definition) is 4. The van der Waals surface area contributed by atoms with E-state index >= 15 is 0 Å². The first-order valence-corrected chi connectivity index (χ1v) is 8.42. The highest BCUT2D eigenvalue weighted by Gasteiger charge is 2.73. The van der Waals surface area contributed by atoms with Crippen LogP contribution in [0.15, 0.2) is 42.5 Å². The standard InChI is InChI=1S/C19H25NO3/c1-4-22-17(21)18(12-8-9-15(2)3)13-14-19(20(18)23-19)16-10-6-5-7-11-16/h5-7,10-11H,2,4,8-9,12-14H2,1,3H3/t18-,19+,20?/m1/s1. The summed E-state index contributed by atoms with van der Waals surface area (Å²) in [6, 6.07) is 10.1. The van der Waals surface area contributed by atoms with E-state index in [2.05, 4.69) is 18.7 Å². The number of nitrogens with zero attached hydrogens (tertiary/aromatic N) is 1. The lowest BCUT2D eigenvalue weighted by molar-refractivity contribution is -0.159. The Hall–Kier alpha value is -1.65. The summed E-state index contributed by atoms with van der Waals surface area (Å²) in [6.45, 7) is 8.22. The zero-order chi connectivity index (χ0) is 16.5. The molecule has 4 nitrogen and oxygen atoms in total. The van der Waals surface area contributed by atoms with Crippen LogP contribution in [-0.2, 0) is 20.1 Å². The lowest BCUT2D eigenvalue weighted by atomic mass is 9.89. The maximum absolute atomic E-state index is 12.7. The predicted molar refractivity (Wildman–Crippen MR) is 88.3 cm³/mol. The van der Waals surface area contributed by atoms with Crippen molar-refractivity contribution < 1.29 is 14.4 Å². The number of fused-ring (bicyclic) bond motifs is 1. The minimum atomic E-state index is -0.651. The first kappa shape index (κ1) is 16.2. The van der Waals surface area contributed by atoms with Crippen molar-refractivity contribution in [2.24, 2.45) is 0 Å². The highest BCUT2D eigenvalue weighted by molar-refractivity contribution is 5.82. The van der Waals surface area contributed by atoms with E-state index in [9.17, 15) is 4.79 Å². The molecule has 124 valence electrons. The topological polar surface area (TPSA) is 41.8 Å². The summed E-state index contributed by atoms with van der Waals surface area (Å²) >= 11 is 0. The SMILES string of the molecule is C=C(C)CCC[C@]1(C(=O)OCC)CC[C@@]2(c3ccccc3)ON12. The molecule has 1 aromatic carbocycles. The van der Waals surface area contributed by atoms with Crippen molar-refractivity contribution in [2.75, 3.05) is 6.61 Å². The van der Waals surface area contributed by atoms with Crippen LogP contribution in [0, 0.1) is 0 Å². The van der Waals surface area contributed by atoms with Gasteiger partial charge in [0.25, 0.3) is 0 Å². The van der Waals surface area contributed by atoms with Crippen molar-refractivity contribution in [3.05, 3.63) is 48.0 Å². The van der Waals surface area contributed by atoms with E-state index in [0.717, 1.165) is 43.2 Å². The molecule has 3 rings (SSSR count). The van der Waals surface area contributed by atoms with Gasteiger partial charge in [0.1, 0.15) is 5.54 Å². The number of hydrogen-bond donors (Lipinski definition) is 0. The molecule has 0 N–H and O–H groups in total. The molecule has 2 aliphatic heterocycles. The number of esters is 1. The molecule has 0 spiro atoms. The van der Waals surface area contributed by atoms with Crippen LogP contribution in [0.25, 0.3) is 0 Å². The molecule has 2 fully saturated rings. The zero-order valence-electron chi connectivity index (χ0n) is 14.0. The molecule has 0 saturated carbocycles. The molecule has 2 saturated heterocycles. The molecule has 1 aromatic rings. The lowest BCUT2D eigenvalue weighted by Crippen LogP contribution is -2.45. The van der Waals surface area contributed by atoms with Crippen molar-refractivity contribution in [1.29, 1.82) is 0 Å². The van der Waals surface area contributed by atoms with Crippen molar-refractivity contribution in [1.82, 2.24) is 5.06 Å². The van der Waals surface area contributed by atoms with Crippen LogP contribution in [0.1, 0.15) is 51.5 Å². The maximum Gasteiger partial charge on any atom is 0.329 e. The molecule has 3 atom stereocenters. The highest BCUT2D eigenvalue weighted by atomic mass is 16.9. The van der Waals surface area contributed by atoms with E-state index in [1.807, 2.05) is 37.1 Å². The Morgan fingerprint density at radius 3 is 2.70 bits per heavy atom. The molecule has 0 radical (unpaired) electrons. The van der Waals surface area contributed by atoms with Crippen LogP contribution >= 0.6 is 0 Å². The van der Waals surface area contributed by atoms with E-state index in [1.54, 1.807) is 0 Å². The Kier molecular flexibility index (Phi) is 4.30. The Bertz CT molecular complexity index is 600. The van der Waals surface area contributed by atoms with Gasteiger partial charge in [-0.2, -0.15) is 0 Å². The summed E-state index contributed by atoms with van der Waals surface area (Å²) in [5.41, 5.74) is 1.17. The van der Waals surface area contributed by atoms with Crippen LogP contribution < -0.4 is 0 Å². The molecule has 0 amide bonds. The minimum Gasteiger partial charge on any atom is -0.465 e. The molecule has 0 aromatic heterocycles. The Balaban J connectivity index is 1.81. The summed E-state index contributed by atoms with van der Waals surface area (Å²) in [7, 11) is 0. The minimum absolute atomic E-state index is 0.156. The first-order valence-electron chi connectivity index (χ1n) is 8.42. The van der Waals surface area contributed by atoms with Crippen molar-refractivity contribution in [3.8, 4) is 0 Å². The van der Waals surface area contributed by atoms with Gasteiger partial charge in [0, 0.05) is 12.0 Å². The number of carbonyl (C=O) groups excluding carboxylic acids is 1. The third kappa shape index (κ3) is 2.70. The van der Waals surface area contributed by atoms with Crippen molar-refractivity contribution in [3.63, 3.8) is 0 Å². The molecule has 1 unspecified atom stereocenters. The van der Waals surface area contributed by atoms with E-state index in [4.69, 9.17) is 9.57 Å². The fourth-order valence-corrected chi connectivity index (χ4v) is 3.66. The van der Waals surface area contributed by atoms with E-state index < -0.39 is 11.3 Å². The van der Waals surface area contributed by atoms with Gasteiger partial charge in [-0.15, -0.1) is 11.6 Å². The molecule has 0 bridgehead atoms. The van der Waals surface area contributed by atoms with Crippen LogP contribution in [0.2, 0.25) is 0 Å².